The summed E-state index contributed by atoms with van der Waals surface area (Å²) >= 11 is 0. The van der Waals surface area contributed by atoms with Crippen LogP contribution in [0, 0.1) is 0 Å². The lowest BCUT2D eigenvalue weighted by Gasteiger charge is -2.11. The Bertz CT molecular complexity index is 1340. The van der Waals surface area contributed by atoms with E-state index in [9.17, 15) is 9.90 Å². The molecule has 1 heterocycles. The molecule has 2 N–H and O–H groups in total. The van der Waals surface area contributed by atoms with Crippen LogP contribution in [0.2, 0.25) is 0 Å². The van der Waals surface area contributed by atoms with Crippen molar-refractivity contribution in [2.24, 2.45) is 4.99 Å². The van der Waals surface area contributed by atoms with Crippen molar-refractivity contribution in [3.8, 4) is 17.4 Å². The van der Waals surface area contributed by atoms with Crippen molar-refractivity contribution in [1.29, 1.82) is 0 Å². The largest absolute Gasteiger partial charge is 0.494 e. The molecule has 7 heteroatoms. The maximum absolute atomic E-state index is 12.0. The molecule has 0 fully saturated rings. The molecular formula is C27H27N3O4. The van der Waals surface area contributed by atoms with Gasteiger partial charge in [0.1, 0.15) is 0 Å². The molecule has 0 unspecified atom stereocenters. The highest BCUT2D eigenvalue weighted by atomic mass is 16.5. The molecule has 0 aliphatic rings. The Morgan fingerprint density at radius 2 is 1.62 bits per heavy atom. The van der Waals surface area contributed by atoms with Gasteiger partial charge in [-0.2, -0.15) is 0 Å². The van der Waals surface area contributed by atoms with E-state index in [2.05, 4.69) is 4.98 Å². The number of aromatic nitrogens is 1. The number of amides is 1. The monoisotopic (exact) mass is 457 g/mol. The molecule has 7 nitrogen and oxygen atoms in total. The Hall–Kier alpha value is -4.26. The van der Waals surface area contributed by atoms with Crippen LogP contribution in [-0.2, 0) is 11.2 Å². The first-order valence-electron chi connectivity index (χ1n) is 10.8. The molecule has 34 heavy (non-hydrogen) atoms. The molecule has 0 radical (unpaired) electrons. The van der Waals surface area contributed by atoms with Gasteiger partial charge in [-0.25, -0.2) is 4.99 Å². The summed E-state index contributed by atoms with van der Waals surface area (Å²) in [6.45, 7) is 0. The molecule has 0 bridgehead atoms. The quantitative estimate of drug-likeness (QED) is 0.394. The number of nitrogens with one attached hydrogen (secondary N) is 1. The van der Waals surface area contributed by atoms with Gasteiger partial charge in [0.2, 0.25) is 5.91 Å². The first-order valence-corrected chi connectivity index (χ1v) is 10.8. The summed E-state index contributed by atoms with van der Waals surface area (Å²) in [6.07, 6.45) is 0.327. The molecule has 1 aromatic heterocycles. The van der Waals surface area contributed by atoms with E-state index in [1.165, 1.54) is 0 Å². The minimum atomic E-state index is 0.00103. The van der Waals surface area contributed by atoms with E-state index in [4.69, 9.17) is 14.5 Å². The molecule has 3 aromatic carbocycles. The number of benzene rings is 3. The second-order valence-electron chi connectivity index (χ2n) is 8.06. The number of methoxy groups -OCH3 is 2. The Morgan fingerprint density at radius 1 is 0.971 bits per heavy atom. The lowest BCUT2D eigenvalue weighted by atomic mass is 10.0. The summed E-state index contributed by atoms with van der Waals surface area (Å²) in [4.78, 5) is 21.5. The average Bonchev–Trinajstić information content (AvgIpc) is 3.17. The highest BCUT2D eigenvalue weighted by Gasteiger charge is 2.21. The predicted octanol–water partition coefficient (Wildman–Crippen LogP) is 4.69. The van der Waals surface area contributed by atoms with Gasteiger partial charge in [-0.05, 0) is 23.8 Å². The number of ether oxygens (including phenoxy) is 2. The molecule has 0 atom stereocenters. The summed E-state index contributed by atoms with van der Waals surface area (Å²) in [6, 6.07) is 20.8. The summed E-state index contributed by atoms with van der Waals surface area (Å²) in [7, 11) is 6.63. The molecule has 1 amide bonds. The topological polar surface area (TPSA) is 87.2 Å². The second kappa shape index (κ2) is 9.70. The van der Waals surface area contributed by atoms with Crippen LogP contribution in [0.4, 0.5) is 5.69 Å². The number of hydrogen-bond donors (Lipinski definition) is 2. The minimum Gasteiger partial charge on any atom is -0.494 e. The number of aromatic amines is 1. The second-order valence-corrected chi connectivity index (χ2v) is 8.06. The normalized spacial score (nSPS) is 11.5. The van der Waals surface area contributed by atoms with E-state index in [0.29, 0.717) is 40.4 Å². The number of nitrogens with zero attached hydrogens (tertiary/aromatic N) is 2. The molecule has 4 rings (SSSR count). The lowest BCUT2D eigenvalue weighted by molar-refractivity contribution is -0.127. The van der Waals surface area contributed by atoms with Gasteiger partial charge >= 0.3 is 0 Å². The Morgan fingerprint density at radius 3 is 2.24 bits per heavy atom. The summed E-state index contributed by atoms with van der Waals surface area (Å²) in [5, 5.41) is 11.7. The number of rotatable bonds is 7. The summed E-state index contributed by atoms with van der Waals surface area (Å²) < 4.78 is 10.9. The van der Waals surface area contributed by atoms with Crippen molar-refractivity contribution in [2.45, 2.75) is 6.42 Å². The minimum absolute atomic E-state index is 0.00103. The number of aromatic hydroxyl groups is 1. The molecule has 0 aliphatic carbocycles. The van der Waals surface area contributed by atoms with Gasteiger partial charge in [-0.3, -0.25) is 4.79 Å². The van der Waals surface area contributed by atoms with Crippen LogP contribution in [-0.4, -0.2) is 54.9 Å². The Kier molecular flexibility index (Phi) is 6.54. The van der Waals surface area contributed by atoms with Crippen LogP contribution in [0.25, 0.3) is 10.9 Å². The lowest BCUT2D eigenvalue weighted by Crippen LogP contribution is -2.23. The van der Waals surface area contributed by atoms with E-state index in [-0.39, 0.29) is 11.8 Å². The van der Waals surface area contributed by atoms with Crippen molar-refractivity contribution >= 4 is 28.2 Å². The van der Waals surface area contributed by atoms with Crippen LogP contribution in [0.15, 0.2) is 71.7 Å². The van der Waals surface area contributed by atoms with Crippen LogP contribution in [0.1, 0.15) is 16.7 Å². The van der Waals surface area contributed by atoms with Gasteiger partial charge in [0.15, 0.2) is 17.4 Å². The SMILES string of the molecule is COc1cc2[nH]c(O)c(C(=Nc3ccc(CC(=O)N(C)C)cc3)c3ccccc3)c2cc1OC. The summed E-state index contributed by atoms with van der Waals surface area (Å²) in [5.41, 5.74) is 4.33. The highest BCUT2D eigenvalue weighted by molar-refractivity contribution is 6.22. The third kappa shape index (κ3) is 4.59. The molecule has 0 aliphatic heterocycles. The van der Waals surface area contributed by atoms with Crippen molar-refractivity contribution in [3.63, 3.8) is 0 Å². The maximum Gasteiger partial charge on any atom is 0.226 e. The van der Waals surface area contributed by atoms with Crippen molar-refractivity contribution in [2.75, 3.05) is 28.3 Å². The predicted molar refractivity (Wildman–Crippen MR) is 134 cm³/mol. The standard InChI is InChI=1S/C27H27N3O4/c1-30(2)24(31)14-17-10-12-19(13-11-17)28-26(18-8-6-5-7-9-18)25-20-15-22(33-3)23(34-4)16-21(20)29-27(25)32/h5-13,15-16,29,32H,14H2,1-4H3. The average molecular weight is 458 g/mol. The molecular weight excluding hydrogens is 430 g/mol. The summed E-state index contributed by atoms with van der Waals surface area (Å²) in [5.74, 6) is 1.15. The molecule has 0 saturated heterocycles. The van der Waals surface area contributed by atoms with E-state index in [1.54, 1.807) is 39.3 Å². The van der Waals surface area contributed by atoms with Crippen LogP contribution in [0.3, 0.4) is 0 Å². The third-order valence-corrected chi connectivity index (χ3v) is 5.60. The van der Waals surface area contributed by atoms with Crippen LogP contribution >= 0.6 is 0 Å². The van der Waals surface area contributed by atoms with E-state index in [0.717, 1.165) is 16.5 Å². The first-order chi connectivity index (χ1) is 16.4. The van der Waals surface area contributed by atoms with Crippen LogP contribution < -0.4 is 9.47 Å². The fourth-order valence-electron chi connectivity index (χ4n) is 3.76. The molecule has 4 aromatic rings. The number of aliphatic imine (C=N–C) groups is 1. The maximum atomic E-state index is 12.0. The zero-order valence-corrected chi connectivity index (χ0v) is 19.6. The van der Waals surface area contributed by atoms with Gasteiger partial charge < -0.3 is 24.5 Å². The first kappa shape index (κ1) is 22.9. The van der Waals surface area contributed by atoms with Crippen molar-refractivity contribution in [1.82, 2.24) is 9.88 Å². The molecule has 0 saturated carbocycles. The highest BCUT2D eigenvalue weighted by Crippen LogP contribution is 2.38. The fraction of sp³-hybridized carbons (Fsp3) is 0.185. The Labute approximate surface area is 198 Å². The van der Waals surface area contributed by atoms with Crippen molar-refractivity contribution < 1.29 is 19.4 Å². The number of fused-ring (bicyclic) bond motifs is 1. The zero-order chi connectivity index (χ0) is 24.2. The third-order valence-electron chi connectivity index (χ3n) is 5.60. The van der Waals surface area contributed by atoms with Gasteiger partial charge in [-0.1, -0.05) is 42.5 Å². The van der Waals surface area contributed by atoms with Gasteiger partial charge in [0.05, 0.1) is 43.1 Å². The van der Waals surface area contributed by atoms with E-state index in [1.807, 2.05) is 60.7 Å². The molecule has 174 valence electrons. The Balaban J connectivity index is 1.84. The number of hydrogen-bond acceptors (Lipinski definition) is 5. The van der Waals surface area contributed by atoms with Crippen molar-refractivity contribution in [3.05, 3.63) is 83.4 Å². The van der Waals surface area contributed by atoms with E-state index < -0.39 is 0 Å². The van der Waals surface area contributed by atoms with Crippen LogP contribution in [0.5, 0.6) is 17.4 Å². The number of likely N-dealkylation sites (N-methyl/N-ethyl adjacent to an activating group) is 1. The van der Waals surface area contributed by atoms with E-state index >= 15 is 0 Å². The number of carbonyl (C=O) groups excluding carboxylic acids is 1. The number of carbonyl (C=O) groups is 1. The van der Waals surface area contributed by atoms with Gasteiger partial charge in [0, 0.05) is 31.1 Å². The smallest absolute Gasteiger partial charge is 0.226 e. The zero-order valence-electron chi connectivity index (χ0n) is 19.6. The molecule has 0 spiro atoms. The van der Waals surface area contributed by atoms with Gasteiger partial charge in [0.25, 0.3) is 0 Å². The number of H-pyrrole nitrogens is 1. The van der Waals surface area contributed by atoms with Gasteiger partial charge in [-0.15, -0.1) is 0 Å². The fourth-order valence-corrected chi connectivity index (χ4v) is 3.76.